The Morgan fingerprint density at radius 3 is 3.05 bits per heavy atom. The van der Waals surface area contributed by atoms with E-state index >= 15 is 0 Å². The Kier molecular flexibility index (Phi) is 6.01. The fraction of sp³-hybridized carbons (Fsp3) is 0.800. The summed E-state index contributed by atoms with van der Waals surface area (Å²) in [6.45, 7) is 7.15. The van der Waals surface area contributed by atoms with Gasteiger partial charge in [0.25, 0.3) is 0 Å². The third-order valence-electron chi connectivity index (χ3n) is 4.12. The zero-order valence-corrected chi connectivity index (χ0v) is 13.1. The molecular formula is C15H28N4O. The van der Waals surface area contributed by atoms with Crippen LogP contribution in [-0.2, 0) is 24.8 Å². The molecule has 1 aromatic rings. The number of aromatic nitrogens is 2. The standard InChI is InChI=1S/C15H28N4O/c1-4-13-10-15(18(2)17-13)12-19-8-5-6-14(19)11-16-7-9-20-3/h10,14,16H,4-9,11-12H2,1-3H3. The molecule has 114 valence electrons. The van der Waals surface area contributed by atoms with Gasteiger partial charge in [-0.15, -0.1) is 0 Å². The summed E-state index contributed by atoms with van der Waals surface area (Å²) < 4.78 is 7.11. The molecule has 5 nitrogen and oxygen atoms in total. The Hall–Kier alpha value is -0.910. The largest absolute Gasteiger partial charge is 0.383 e. The van der Waals surface area contributed by atoms with Crippen LogP contribution in [-0.4, -0.2) is 54.1 Å². The summed E-state index contributed by atoms with van der Waals surface area (Å²) in [5.41, 5.74) is 2.52. The summed E-state index contributed by atoms with van der Waals surface area (Å²) in [4.78, 5) is 2.58. The third-order valence-corrected chi connectivity index (χ3v) is 4.12. The molecule has 1 saturated heterocycles. The predicted molar refractivity (Wildman–Crippen MR) is 80.8 cm³/mol. The van der Waals surface area contributed by atoms with Gasteiger partial charge in [-0.3, -0.25) is 9.58 Å². The second kappa shape index (κ2) is 7.76. The van der Waals surface area contributed by atoms with Crippen LogP contribution in [0.4, 0.5) is 0 Å². The van der Waals surface area contributed by atoms with Crippen molar-refractivity contribution in [2.75, 3.05) is 33.4 Å². The lowest BCUT2D eigenvalue weighted by Gasteiger charge is -2.24. The summed E-state index contributed by atoms with van der Waals surface area (Å²) in [7, 11) is 3.80. The van der Waals surface area contributed by atoms with Crippen LogP contribution >= 0.6 is 0 Å². The van der Waals surface area contributed by atoms with Crippen molar-refractivity contribution in [3.63, 3.8) is 0 Å². The zero-order chi connectivity index (χ0) is 14.4. The summed E-state index contributed by atoms with van der Waals surface area (Å²) >= 11 is 0. The lowest BCUT2D eigenvalue weighted by atomic mass is 10.2. The quantitative estimate of drug-likeness (QED) is 0.726. The molecule has 5 heteroatoms. The van der Waals surface area contributed by atoms with E-state index in [0.29, 0.717) is 6.04 Å². The van der Waals surface area contributed by atoms with E-state index in [1.165, 1.54) is 30.8 Å². The molecule has 0 aromatic carbocycles. The molecule has 1 aromatic heterocycles. The second-order valence-electron chi connectivity index (χ2n) is 5.57. The van der Waals surface area contributed by atoms with Crippen molar-refractivity contribution in [2.24, 2.45) is 7.05 Å². The Labute approximate surface area is 122 Å². The van der Waals surface area contributed by atoms with Crippen molar-refractivity contribution in [1.82, 2.24) is 20.0 Å². The average molecular weight is 280 g/mol. The summed E-state index contributed by atoms with van der Waals surface area (Å²) in [5, 5.41) is 8.03. The van der Waals surface area contributed by atoms with Crippen LogP contribution in [0.5, 0.6) is 0 Å². The molecule has 20 heavy (non-hydrogen) atoms. The van der Waals surface area contributed by atoms with Gasteiger partial charge in [0.05, 0.1) is 18.0 Å². The van der Waals surface area contributed by atoms with E-state index in [2.05, 4.69) is 35.4 Å². The summed E-state index contributed by atoms with van der Waals surface area (Å²) in [6, 6.07) is 2.89. The fourth-order valence-electron chi connectivity index (χ4n) is 2.88. The van der Waals surface area contributed by atoms with Gasteiger partial charge in [-0.1, -0.05) is 6.92 Å². The minimum absolute atomic E-state index is 0.645. The smallest absolute Gasteiger partial charge is 0.0625 e. The number of likely N-dealkylation sites (tertiary alicyclic amines) is 1. The molecule has 0 saturated carbocycles. The number of nitrogens with zero attached hydrogens (tertiary/aromatic N) is 3. The molecule has 0 amide bonds. The van der Waals surface area contributed by atoms with Crippen LogP contribution in [0.3, 0.4) is 0 Å². The monoisotopic (exact) mass is 280 g/mol. The highest BCUT2D eigenvalue weighted by atomic mass is 16.5. The van der Waals surface area contributed by atoms with E-state index in [-0.39, 0.29) is 0 Å². The second-order valence-corrected chi connectivity index (χ2v) is 5.57. The first-order valence-electron chi connectivity index (χ1n) is 7.70. The van der Waals surface area contributed by atoms with E-state index < -0.39 is 0 Å². The third kappa shape index (κ3) is 4.04. The van der Waals surface area contributed by atoms with Crippen LogP contribution in [0.1, 0.15) is 31.2 Å². The van der Waals surface area contributed by atoms with Crippen molar-refractivity contribution in [3.05, 3.63) is 17.5 Å². The summed E-state index contributed by atoms with van der Waals surface area (Å²) in [6.07, 6.45) is 3.60. The highest BCUT2D eigenvalue weighted by Gasteiger charge is 2.24. The molecule has 0 bridgehead atoms. The first-order valence-corrected chi connectivity index (χ1v) is 7.70. The molecule has 1 atom stereocenters. The molecule has 1 aliphatic rings. The number of aryl methyl sites for hydroxylation is 2. The maximum atomic E-state index is 5.07. The molecule has 0 aliphatic carbocycles. The van der Waals surface area contributed by atoms with Gasteiger partial charge in [0.1, 0.15) is 0 Å². The van der Waals surface area contributed by atoms with Gasteiger partial charge in [0.15, 0.2) is 0 Å². The first-order chi connectivity index (χ1) is 9.74. The molecule has 1 fully saturated rings. The van der Waals surface area contributed by atoms with Gasteiger partial charge in [0, 0.05) is 39.8 Å². The van der Waals surface area contributed by atoms with Crippen LogP contribution in [0.15, 0.2) is 6.07 Å². The van der Waals surface area contributed by atoms with Gasteiger partial charge in [-0.25, -0.2) is 0 Å². The normalized spacial score (nSPS) is 19.9. The van der Waals surface area contributed by atoms with Crippen molar-refractivity contribution < 1.29 is 4.74 Å². The first kappa shape index (κ1) is 15.5. The topological polar surface area (TPSA) is 42.3 Å². The van der Waals surface area contributed by atoms with Crippen LogP contribution in [0.2, 0.25) is 0 Å². The van der Waals surface area contributed by atoms with E-state index in [4.69, 9.17) is 4.74 Å². The van der Waals surface area contributed by atoms with Gasteiger partial charge in [0.2, 0.25) is 0 Å². The molecule has 0 radical (unpaired) electrons. The number of nitrogens with one attached hydrogen (secondary N) is 1. The van der Waals surface area contributed by atoms with Gasteiger partial charge in [-0.05, 0) is 31.9 Å². The Balaban J connectivity index is 1.85. The molecule has 1 N–H and O–H groups in total. The highest BCUT2D eigenvalue weighted by molar-refractivity contribution is 5.10. The average Bonchev–Trinajstić information content (AvgIpc) is 3.03. The van der Waals surface area contributed by atoms with E-state index in [9.17, 15) is 0 Å². The Bertz CT molecular complexity index is 405. The molecular weight excluding hydrogens is 252 g/mol. The highest BCUT2D eigenvalue weighted by Crippen LogP contribution is 2.19. The van der Waals surface area contributed by atoms with Crippen molar-refractivity contribution in [1.29, 1.82) is 0 Å². The number of methoxy groups -OCH3 is 1. The SMILES string of the molecule is CCc1cc(CN2CCCC2CNCCOC)n(C)n1. The fourth-order valence-corrected chi connectivity index (χ4v) is 2.88. The van der Waals surface area contributed by atoms with Crippen molar-refractivity contribution in [2.45, 2.75) is 38.8 Å². The van der Waals surface area contributed by atoms with Crippen LogP contribution in [0.25, 0.3) is 0 Å². The van der Waals surface area contributed by atoms with E-state index in [1.54, 1.807) is 7.11 Å². The summed E-state index contributed by atoms with van der Waals surface area (Å²) in [5.74, 6) is 0. The molecule has 2 rings (SSSR count). The van der Waals surface area contributed by atoms with Gasteiger partial charge in [-0.2, -0.15) is 5.10 Å². The minimum atomic E-state index is 0.645. The maximum absolute atomic E-state index is 5.07. The van der Waals surface area contributed by atoms with Crippen LogP contribution < -0.4 is 5.32 Å². The van der Waals surface area contributed by atoms with Gasteiger partial charge < -0.3 is 10.1 Å². The number of hydrogen-bond acceptors (Lipinski definition) is 4. The molecule has 2 heterocycles. The molecule has 0 spiro atoms. The van der Waals surface area contributed by atoms with Crippen LogP contribution in [0, 0.1) is 0 Å². The van der Waals surface area contributed by atoms with Crippen molar-refractivity contribution in [3.8, 4) is 0 Å². The zero-order valence-electron chi connectivity index (χ0n) is 13.1. The lowest BCUT2D eigenvalue weighted by molar-refractivity contribution is 0.190. The molecule has 1 unspecified atom stereocenters. The van der Waals surface area contributed by atoms with Crippen molar-refractivity contribution >= 4 is 0 Å². The number of ether oxygens (including phenoxy) is 1. The molecule has 1 aliphatic heterocycles. The predicted octanol–water partition coefficient (Wildman–Crippen LogP) is 1.18. The van der Waals surface area contributed by atoms with E-state index in [1.807, 2.05) is 4.68 Å². The minimum Gasteiger partial charge on any atom is -0.383 e. The lowest BCUT2D eigenvalue weighted by Crippen LogP contribution is -2.38. The van der Waals surface area contributed by atoms with E-state index in [0.717, 1.165) is 32.7 Å². The Morgan fingerprint density at radius 2 is 2.35 bits per heavy atom. The maximum Gasteiger partial charge on any atom is 0.0625 e. The number of hydrogen-bond donors (Lipinski definition) is 1. The number of rotatable bonds is 8. The van der Waals surface area contributed by atoms with Gasteiger partial charge >= 0.3 is 0 Å². The Morgan fingerprint density at radius 1 is 1.50 bits per heavy atom.